The number of rotatable bonds is 2. The Balaban J connectivity index is 1.63. The van der Waals surface area contributed by atoms with Crippen molar-refractivity contribution in [2.75, 3.05) is 6.54 Å². The van der Waals surface area contributed by atoms with Crippen LogP contribution in [0.4, 0.5) is 0 Å². The second kappa shape index (κ2) is 5.74. The summed E-state index contributed by atoms with van der Waals surface area (Å²) in [5, 5.41) is 1.51. The van der Waals surface area contributed by atoms with Crippen LogP contribution in [0.5, 0.6) is 0 Å². The fourth-order valence-corrected chi connectivity index (χ4v) is 5.13. The molecule has 2 atom stereocenters. The van der Waals surface area contributed by atoms with Gasteiger partial charge in [0.05, 0.1) is 6.04 Å². The van der Waals surface area contributed by atoms with E-state index in [1.165, 1.54) is 41.3 Å². The zero-order valence-electron chi connectivity index (χ0n) is 15.2. The highest BCUT2D eigenvalue weighted by Gasteiger charge is 2.36. The molecule has 5 rings (SSSR count). The molecule has 1 aliphatic heterocycles. The van der Waals surface area contributed by atoms with Crippen LogP contribution >= 0.6 is 0 Å². The third kappa shape index (κ3) is 2.27. The first-order valence-corrected chi connectivity index (χ1v) is 9.66. The van der Waals surface area contributed by atoms with Gasteiger partial charge in [-0.2, -0.15) is 0 Å². The SMILES string of the molecule is Cc1ccc2c(c1)c1c3n2CCN([C@@H](C)c2ccccc2)[C@H]3CCC1. The number of aromatic nitrogens is 1. The summed E-state index contributed by atoms with van der Waals surface area (Å²) in [5.41, 5.74) is 7.51. The van der Waals surface area contributed by atoms with Crippen LogP contribution in [0.2, 0.25) is 0 Å². The highest BCUT2D eigenvalue weighted by molar-refractivity contribution is 5.87. The second-order valence-electron chi connectivity index (χ2n) is 7.77. The molecule has 0 fully saturated rings. The van der Waals surface area contributed by atoms with Gasteiger partial charge in [-0.15, -0.1) is 0 Å². The van der Waals surface area contributed by atoms with E-state index in [1.807, 2.05) is 0 Å². The average Bonchev–Trinajstić information content (AvgIpc) is 2.97. The summed E-state index contributed by atoms with van der Waals surface area (Å²) in [5.74, 6) is 0. The van der Waals surface area contributed by atoms with Gasteiger partial charge in [0.25, 0.3) is 0 Å². The maximum Gasteiger partial charge on any atom is 0.0510 e. The van der Waals surface area contributed by atoms with E-state index in [-0.39, 0.29) is 0 Å². The molecule has 0 saturated heterocycles. The molecule has 3 aromatic rings. The predicted molar refractivity (Wildman–Crippen MR) is 104 cm³/mol. The molecule has 2 nitrogen and oxygen atoms in total. The van der Waals surface area contributed by atoms with Gasteiger partial charge in [-0.25, -0.2) is 0 Å². The molecule has 1 aromatic heterocycles. The minimum Gasteiger partial charge on any atom is -0.342 e. The smallest absolute Gasteiger partial charge is 0.0510 e. The molecule has 2 heterocycles. The lowest BCUT2D eigenvalue weighted by Crippen LogP contribution is -2.41. The molecule has 2 heteroatoms. The van der Waals surface area contributed by atoms with Crippen LogP contribution in [-0.4, -0.2) is 16.0 Å². The van der Waals surface area contributed by atoms with Gasteiger partial charge < -0.3 is 4.57 Å². The summed E-state index contributed by atoms with van der Waals surface area (Å²) in [6, 6.07) is 19.1. The molecule has 2 aliphatic rings. The minimum absolute atomic E-state index is 0.477. The topological polar surface area (TPSA) is 8.17 Å². The molecule has 0 bridgehead atoms. The van der Waals surface area contributed by atoms with Crippen molar-refractivity contribution >= 4 is 10.9 Å². The first kappa shape index (κ1) is 15.2. The highest BCUT2D eigenvalue weighted by atomic mass is 15.3. The van der Waals surface area contributed by atoms with Gasteiger partial charge in [0.2, 0.25) is 0 Å². The standard InChI is InChI=1S/C23H26N2/c1-16-11-12-21-20(15-16)19-9-6-10-22-23(19)25(21)14-13-24(22)17(2)18-7-4-3-5-8-18/h3-5,7-8,11-12,15,17,22H,6,9-10,13-14H2,1-2H3/t17-,22-/m0/s1. The molecular formula is C23H26N2. The lowest BCUT2D eigenvalue weighted by molar-refractivity contribution is 0.0973. The van der Waals surface area contributed by atoms with E-state index in [2.05, 4.69) is 71.8 Å². The Kier molecular flexibility index (Phi) is 3.49. The lowest BCUT2D eigenvalue weighted by Gasteiger charge is -2.43. The van der Waals surface area contributed by atoms with Crippen molar-refractivity contribution in [3.05, 3.63) is 70.9 Å². The van der Waals surface area contributed by atoms with Gasteiger partial charge in [-0.05, 0) is 56.4 Å². The van der Waals surface area contributed by atoms with Crippen LogP contribution in [0.25, 0.3) is 10.9 Å². The number of hydrogen-bond acceptors (Lipinski definition) is 1. The normalized spacial score (nSPS) is 21.3. The van der Waals surface area contributed by atoms with Crippen LogP contribution < -0.4 is 0 Å². The van der Waals surface area contributed by atoms with Crippen molar-refractivity contribution in [3.8, 4) is 0 Å². The van der Waals surface area contributed by atoms with Gasteiger partial charge in [-0.1, -0.05) is 42.0 Å². The molecule has 2 aromatic carbocycles. The van der Waals surface area contributed by atoms with Crippen LogP contribution in [0.1, 0.15) is 54.2 Å². The number of aryl methyl sites for hydroxylation is 2. The van der Waals surface area contributed by atoms with Crippen molar-refractivity contribution < 1.29 is 0 Å². The van der Waals surface area contributed by atoms with Gasteiger partial charge in [0.1, 0.15) is 0 Å². The third-order valence-electron chi connectivity index (χ3n) is 6.35. The first-order chi connectivity index (χ1) is 12.2. The number of hydrogen-bond donors (Lipinski definition) is 0. The molecule has 0 N–H and O–H groups in total. The van der Waals surface area contributed by atoms with Crippen molar-refractivity contribution in [1.82, 2.24) is 9.47 Å². The van der Waals surface area contributed by atoms with E-state index in [9.17, 15) is 0 Å². The van der Waals surface area contributed by atoms with E-state index < -0.39 is 0 Å². The zero-order chi connectivity index (χ0) is 17.0. The van der Waals surface area contributed by atoms with Crippen molar-refractivity contribution in [2.24, 2.45) is 0 Å². The lowest BCUT2D eigenvalue weighted by atomic mass is 9.88. The van der Waals surface area contributed by atoms with Crippen LogP contribution in [-0.2, 0) is 13.0 Å². The molecule has 0 saturated carbocycles. The Morgan fingerprint density at radius 3 is 2.72 bits per heavy atom. The Morgan fingerprint density at radius 1 is 1.04 bits per heavy atom. The Labute approximate surface area is 150 Å². The largest absolute Gasteiger partial charge is 0.342 e. The van der Waals surface area contributed by atoms with Crippen LogP contribution in [0.3, 0.4) is 0 Å². The minimum atomic E-state index is 0.477. The molecule has 25 heavy (non-hydrogen) atoms. The molecule has 0 amide bonds. The van der Waals surface area contributed by atoms with Crippen LogP contribution in [0, 0.1) is 6.92 Å². The summed E-state index contributed by atoms with van der Waals surface area (Å²) in [4.78, 5) is 2.75. The quantitative estimate of drug-likeness (QED) is 0.610. The van der Waals surface area contributed by atoms with E-state index in [0.29, 0.717) is 12.1 Å². The number of fused-ring (bicyclic) bond motifs is 3. The molecule has 0 unspecified atom stereocenters. The van der Waals surface area contributed by atoms with E-state index in [0.717, 1.165) is 13.1 Å². The molecule has 1 aliphatic carbocycles. The number of benzene rings is 2. The van der Waals surface area contributed by atoms with E-state index in [4.69, 9.17) is 0 Å². The number of nitrogens with zero attached hydrogens (tertiary/aromatic N) is 2. The second-order valence-corrected chi connectivity index (χ2v) is 7.77. The monoisotopic (exact) mass is 330 g/mol. The summed E-state index contributed by atoms with van der Waals surface area (Å²) in [6.07, 6.45) is 3.84. The van der Waals surface area contributed by atoms with Gasteiger partial charge in [0.15, 0.2) is 0 Å². The Bertz CT molecular complexity index is 922. The molecular weight excluding hydrogens is 304 g/mol. The highest BCUT2D eigenvalue weighted by Crippen LogP contribution is 2.45. The summed E-state index contributed by atoms with van der Waals surface area (Å²) >= 11 is 0. The molecule has 128 valence electrons. The van der Waals surface area contributed by atoms with Crippen LogP contribution in [0.15, 0.2) is 48.5 Å². The summed E-state index contributed by atoms with van der Waals surface area (Å²) in [6.45, 7) is 6.85. The van der Waals surface area contributed by atoms with Gasteiger partial charge in [-0.3, -0.25) is 4.90 Å². The fraction of sp³-hybridized carbons (Fsp3) is 0.391. The van der Waals surface area contributed by atoms with Crippen molar-refractivity contribution in [2.45, 2.75) is 51.7 Å². The summed E-state index contributed by atoms with van der Waals surface area (Å²) < 4.78 is 2.63. The Morgan fingerprint density at radius 2 is 1.88 bits per heavy atom. The van der Waals surface area contributed by atoms with Crippen molar-refractivity contribution in [3.63, 3.8) is 0 Å². The molecule has 0 radical (unpaired) electrons. The maximum atomic E-state index is 2.75. The predicted octanol–water partition coefficient (Wildman–Crippen LogP) is 5.40. The van der Waals surface area contributed by atoms with E-state index >= 15 is 0 Å². The van der Waals surface area contributed by atoms with Crippen molar-refractivity contribution in [1.29, 1.82) is 0 Å². The summed E-state index contributed by atoms with van der Waals surface area (Å²) in [7, 11) is 0. The maximum absolute atomic E-state index is 2.75. The molecule has 0 spiro atoms. The van der Waals surface area contributed by atoms with Gasteiger partial charge >= 0.3 is 0 Å². The zero-order valence-corrected chi connectivity index (χ0v) is 15.2. The van der Waals surface area contributed by atoms with E-state index in [1.54, 1.807) is 11.3 Å². The first-order valence-electron chi connectivity index (χ1n) is 9.66. The fourth-order valence-electron chi connectivity index (χ4n) is 5.13. The van der Waals surface area contributed by atoms with Gasteiger partial charge in [0, 0.05) is 35.7 Å². The third-order valence-corrected chi connectivity index (χ3v) is 6.35. The average molecular weight is 330 g/mol. The Hall–Kier alpha value is -2.06.